The van der Waals surface area contributed by atoms with Crippen LogP contribution in [0.4, 0.5) is 16.2 Å². The molecule has 0 spiro atoms. The van der Waals surface area contributed by atoms with Gasteiger partial charge in [-0.1, -0.05) is 35.1 Å². The summed E-state index contributed by atoms with van der Waals surface area (Å²) in [4.78, 5) is 27.2. The van der Waals surface area contributed by atoms with E-state index in [0.717, 1.165) is 29.7 Å². The fraction of sp³-hybridized carbons (Fsp3) is 0.304. The third-order valence-electron chi connectivity index (χ3n) is 5.50. The van der Waals surface area contributed by atoms with E-state index >= 15 is 0 Å². The fourth-order valence-electron chi connectivity index (χ4n) is 3.56. The number of amides is 3. The summed E-state index contributed by atoms with van der Waals surface area (Å²) >= 11 is 1.24. The molecule has 0 saturated carbocycles. The zero-order valence-corrected chi connectivity index (χ0v) is 18.6. The van der Waals surface area contributed by atoms with Gasteiger partial charge < -0.3 is 15.5 Å². The minimum atomic E-state index is -0.295. The zero-order valence-electron chi connectivity index (χ0n) is 17.8. The molecule has 31 heavy (non-hydrogen) atoms. The molecule has 1 atom stereocenters. The van der Waals surface area contributed by atoms with Gasteiger partial charge in [-0.15, -0.1) is 10.2 Å². The lowest BCUT2D eigenvalue weighted by atomic mass is 10.1. The maximum absolute atomic E-state index is 12.9. The van der Waals surface area contributed by atoms with Gasteiger partial charge in [-0.05, 0) is 69.0 Å². The Labute approximate surface area is 185 Å². The lowest BCUT2D eigenvalue weighted by Crippen LogP contribution is -2.34. The number of nitrogens with one attached hydrogen (secondary N) is 2. The van der Waals surface area contributed by atoms with Crippen LogP contribution in [-0.4, -0.2) is 33.6 Å². The van der Waals surface area contributed by atoms with Crippen LogP contribution in [0.5, 0.6) is 0 Å². The van der Waals surface area contributed by atoms with Gasteiger partial charge in [0.05, 0.1) is 6.04 Å². The average molecular weight is 436 g/mol. The summed E-state index contributed by atoms with van der Waals surface area (Å²) in [6.45, 7) is 6.70. The largest absolute Gasteiger partial charge is 0.322 e. The van der Waals surface area contributed by atoms with Gasteiger partial charge in [-0.25, -0.2) is 4.79 Å². The average Bonchev–Trinajstić information content (AvgIpc) is 3.42. The van der Waals surface area contributed by atoms with Crippen LogP contribution in [0, 0.1) is 20.8 Å². The minimum absolute atomic E-state index is 0.161. The molecule has 3 aromatic rings. The van der Waals surface area contributed by atoms with E-state index in [-0.39, 0.29) is 23.0 Å². The number of nitrogens with zero attached hydrogens (tertiary/aromatic N) is 3. The predicted molar refractivity (Wildman–Crippen MR) is 123 cm³/mol. The van der Waals surface area contributed by atoms with Gasteiger partial charge >= 0.3 is 6.03 Å². The molecule has 7 nitrogen and oxygen atoms in total. The molecule has 2 heterocycles. The molecule has 1 saturated heterocycles. The van der Waals surface area contributed by atoms with Gasteiger partial charge in [0.15, 0.2) is 0 Å². The van der Waals surface area contributed by atoms with Crippen LogP contribution >= 0.6 is 11.3 Å². The van der Waals surface area contributed by atoms with Crippen LogP contribution in [0.3, 0.4) is 0 Å². The van der Waals surface area contributed by atoms with Crippen molar-refractivity contribution >= 4 is 34.6 Å². The Morgan fingerprint density at radius 1 is 0.968 bits per heavy atom. The lowest BCUT2D eigenvalue weighted by Gasteiger charge is -2.23. The highest BCUT2D eigenvalue weighted by Gasteiger charge is 2.33. The second kappa shape index (κ2) is 8.85. The number of urea groups is 1. The second-order valence-electron chi connectivity index (χ2n) is 7.85. The van der Waals surface area contributed by atoms with Crippen molar-refractivity contribution in [2.75, 3.05) is 17.2 Å². The van der Waals surface area contributed by atoms with Gasteiger partial charge in [0.2, 0.25) is 5.01 Å². The Morgan fingerprint density at radius 3 is 2.45 bits per heavy atom. The van der Waals surface area contributed by atoms with Crippen LogP contribution < -0.4 is 10.6 Å². The van der Waals surface area contributed by atoms with Crippen molar-refractivity contribution < 1.29 is 9.59 Å². The highest BCUT2D eigenvalue weighted by atomic mass is 32.1. The Balaban J connectivity index is 1.44. The molecule has 1 aliphatic rings. The van der Waals surface area contributed by atoms with Crippen molar-refractivity contribution in [2.45, 2.75) is 39.7 Å². The summed E-state index contributed by atoms with van der Waals surface area (Å²) in [6.07, 6.45) is 1.68. The predicted octanol–water partition coefficient (Wildman–Crippen LogP) is 5.08. The summed E-state index contributed by atoms with van der Waals surface area (Å²) in [5.41, 5.74) is 4.92. The molecular weight excluding hydrogens is 410 g/mol. The number of hydrogen-bond donors (Lipinski definition) is 2. The lowest BCUT2D eigenvalue weighted by molar-refractivity contribution is 0.102. The summed E-state index contributed by atoms with van der Waals surface area (Å²) in [6, 6.07) is 13.1. The Kier molecular flexibility index (Phi) is 5.99. The van der Waals surface area contributed by atoms with Crippen molar-refractivity contribution in [1.29, 1.82) is 0 Å². The molecule has 1 aromatic heterocycles. The topological polar surface area (TPSA) is 87.2 Å². The van der Waals surface area contributed by atoms with E-state index in [1.54, 1.807) is 4.90 Å². The first-order chi connectivity index (χ1) is 14.9. The Hall–Kier alpha value is -3.26. The number of carbonyl (C=O) groups excluding carboxylic acids is 2. The van der Waals surface area contributed by atoms with Gasteiger partial charge in [0.25, 0.3) is 5.91 Å². The van der Waals surface area contributed by atoms with Crippen LogP contribution in [0.1, 0.15) is 50.4 Å². The van der Waals surface area contributed by atoms with Crippen LogP contribution in [0.2, 0.25) is 0 Å². The molecule has 0 radical (unpaired) electrons. The molecule has 4 rings (SSSR count). The number of rotatable bonds is 4. The highest BCUT2D eigenvalue weighted by Crippen LogP contribution is 2.34. The summed E-state index contributed by atoms with van der Waals surface area (Å²) in [7, 11) is 0. The number of carbonyl (C=O) groups is 2. The molecule has 3 amide bonds. The molecular formula is C23H25N5O2S. The highest BCUT2D eigenvalue weighted by molar-refractivity contribution is 7.13. The first-order valence-electron chi connectivity index (χ1n) is 10.3. The van der Waals surface area contributed by atoms with Crippen molar-refractivity contribution in [3.8, 4) is 0 Å². The van der Waals surface area contributed by atoms with E-state index in [2.05, 4.69) is 20.8 Å². The standard InChI is InChI=1S/C23H25N5O2S/c1-14-6-9-17(10-7-14)24-20(29)22-27-26-21(31-22)19-5-4-12-28(19)23(30)25-18-11-8-15(2)16(3)13-18/h6-11,13,19H,4-5,12H2,1-3H3,(H,24,29)(H,25,30)/t19-/m1/s1. The van der Waals surface area contributed by atoms with Gasteiger partial charge in [-0.2, -0.15) is 0 Å². The van der Waals surface area contributed by atoms with E-state index in [9.17, 15) is 9.59 Å². The number of aryl methyl sites for hydroxylation is 3. The normalized spacial score (nSPS) is 15.7. The van der Waals surface area contributed by atoms with Crippen LogP contribution in [0.15, 0.2) is 42.5 Å². The number of aromatic nitrogens is 2. The molecule has 2 N–H and O–H groups in total. The number of anilines is 2. The number of likely N-dealkylation sites (tertiary alicyclic amines) is 1. The smallest absolute Gasteiger partial charge is 0.320 e. The molecule has 0 bridgehead atoms. The Bertz CT molecular complexity index is 1110. The molecule has 160 valence electrons. The molecule has 1 aliphatic heterocycles. The zero-order chi connectivity index (χ0) is 22.0. The molecule has 1 fully saturated rings. The van der Waals surface area contributed by atoms with Crippen molar-refractivity contribution in [3.63, 3.8) is 0 Å². The van der Waals surface area contributed by atoms with Crippen LogP contribution in [-0.2, 0) is 0 Å². The van der Waals surface area contributed by atoms with E-state index in [1.165, 1.54) is 16.9 Å². The third-order valence-corrected chi connectivity index (χ3v) is 6.52. The van der Waals surface area contributed by atoms with E-state index < -0.39 is 0 Å². The maximum Gasteiger partial charge on any atom is 0.322 e. The molecule has 0 aliphatic carbocycles. The first-order valence-corrected chi connectivity index (χ1v) is 11.1. The van der Waals surface area contributed by atoms with Gasteiger partial charge in [-0.3, -0.25) is 4.79 Å². The van der Waals surface area contributed by atoms with Crippen molar-refractivity contribution in [1.82, 2.24) is 15.1 Å². The van der Waals surface area contributed by atoms with Crippen molar-refractivity contribution in [2.24, 2.45) is 0 Å². The number of benzene rings is 2. The SMILES string of the molecule is Cc1ccc(NC(=O)c2nnc([C@H]3CCCN3C(=O)Nc3ccc(C)c(C)c3)s2)cc1. The maximum atomic E-state index is 12.9. The van der Waals surface area contributed by atoms with E-state index in [1.807, 2.05) is 63.2 Å². The molecule has 8 heteroatoms. The van der Waals surface area contributed by atoms with Crippen LogP contribution in [0.25, 0.3) is 0 Å². The monoisotopic (exact) mass is 435 g/mol. The second-order valence-corrected chi connectivity index (χ2v) is 8.86. The minimum Gasteiger partial charge on any atom is -0.320 e. The molecule has 0 unspecified atom stereocenters. The van der Waals surface area contributed by atoms with E-state index in [4.69, 9.17) is 0 Å². The fourth-order valence-corrected chi connectivity index (χ4v) is 4.45. The van der Waals surface area contributed by atoms with Gasteiger partial charge in [0, 0.05) is 17.9 Å². The first kappa shape index (κ1) is 21.0. The summed E-state index contributed by atoms with van der Waals surface area (Å²) < 4.78 is 0. The summed E-state index contributed by atoms with van der Waals surface area (Å²) in [5, 5.41) is 15.1. The Morgan fingerprint density at radius 2 is 1.71 bits per heavy atom. The third kappa shape index (κ3) is 4.74. The van der Waals surface area contributed by atoms with Gasteiger partial charge in [0.1, 0.15) is 5.01 Å². The quantitative estimate of drug-likeness (QED) is 0.598. The molecule has 2 aromatic carbocycles. The summed E-state index contributed by atoms with van der Waals surface area (Å²) in [5.74, 6) is -0.295. The van der Waals surface area contributed by atoms with E-state index in [0.29, 0.717) is 17.2 Å². The van der Waals surface area contributed by atoms with Crippen molar-refractivity contribution in [3.05, 3.63) is 69.2 Å². The number of hydrogen-bond acceptors (Lipinski definition) is 5.